The molecule has 1 fully saturated rings. The largest absolute Gasteiger partial charge is 0.300 e. The summed E-state index contributed by atoms with van der Waals surface area (Å²) in [5.74, 6) is 0.464. The fourth-order valence-electron chi connectivity index (χ4n) is 0.946. The predicted octanol–water partition coefficient (Wildman–Crippen LogP) is 1.14. The first kappa shape index (κ1) is 7.89. The van der Waals surface area contributed by atoms with E-state index in [1.165, 1.54) is 6.42 Å². The molecule has 0 unspecified atom stereocenters. The molecule has 44 valence electrons. The van der Waals surface area contributed by atoms with Crippen LogP contribution in [0.1, 0.15) is 32.1 Å². The third-order valence-electron chi connectivity index (χ3n) is 1.41. The number of Topliss-reactive ketones (excluding diaryl/α,β-unsaturated/α-hetero) is 1. The average molecular weight is 126 g/mol. The van der Waals surface area contributed by atoms with Crippen LogP contribution in [0.2, 0.25) is 0 Å². The summed E-state index contributed by atoms with van der Waals surface area (Å²) in [5, 5.41) is 0. The van der Waals surface area contributed by atoms with Gasteiger partial charge in [0.05, 0.1) is 0 Å². The lowest BCUT2D eigenvalue weighted by molar-refractivity contribution is -0.120. The van der Waals surface area contributed by atoms with Gasteiger partial charge in [0, 0.05) is 23.8 Å². The van der Waals surface area contributed by atoms with Crippen LogP contribution in [0.25, 0.3) is 0 Å². The van der Waals surface area contributed by atoms with Gasteiger partial charge < -0.3 is 0 Å². The molecule has 8 heavy (non-hydrogen) atoms. The van der Waals surface area contributed by atoms with Crippen LogP contribution in [-0.2, 0) is 4.79 Å². The van der Waals surface area contributed by atoms with Crippen LogP contribution < -0.4 is 0 Å². The number of hydrogen-bond donors (Lipinski definition) is 0. The van der Waals surface area contributed by atoms with Crippen molar-refractivity contribution >= 4 is 16.7 Å². The monoisotopic (exact) mass is 126 g/mol. The summed E-state index contributed by atoms with van der Waals surface area (Å²) in [7, 11) is 0. The van der Waals surface area contributed by atoms with Crippen molar-refractivity contribution in [2.45, 2.75) is 32.1 Å². The molecule has 0 aliphatic heterocycles. The van der Waals surface area contributed by atoms with Crippen molar-refractivity contribution in [1.82, 2.24) is 0 Å². The maximum atomic E-state index is 10.5. The van der Waals surface area contributed by atoms with Crippen LogP contribution >= 0.6 is 0 Å². The Kier molecular flexibility index (Phi) is 3.78. The standard InChI is InChI=1S/C6H10O.Si/c7-6-4-2-1-3-5-6;/h1-5H2;. The lowest BCUT2D eigenvalue weighted by atomic mass is 10.00. The molecule has 2 heteroatoms. The Morgan fingerprint density at radius 1 is 1.00 bits per heavy atom. The van der Waals surface area contributed by atoms with Gasteiger partial charge in [-0.05, 0) is 12.8 Å². The molecule has 1 saturated carbocycles. The van der Waals surface area contributed by atoms with E-state index in [1.807, 2.05) is 0 Å². The molecular formula is C6H10OSi. The molecular weight excluding hydrogens is 116 g/mol. The third kappa shape index (κ3) is 2.26. The first-order chi connectivity index (χ1) is 3.39. The van der Waals surface area contributed by atoms with Gasteiger partial charge in [-0.3, -0.25) is 4.79 Å². The maximum Gasteiger partial charge on any atom is 0.132 e. The van der Waals surface area contributed by atoms with Crippen LogP contribution in [0.5, 0.6) is 0 Å². The van der Waals surface area contributed by atoms with Gasteiger partial charge in [-0.15, -0.1) is 0 Å². The van der Waals surface area contributed by atoms with Crippen LogP contribution in [-0.4, -0.2) is 16.7 Å². The molecule has 0 atom stereocenters. The molecule has 0 heterocycles. The Bertz CT molecular complexity index is 72.6. The van der Waals surface area contributed by atoms with Gasteiger partial charge in [-0.1, -0.05) is 6.42 Å². The van der Waals surface area contributed by atoms with E-state index in [1.54, 1.807) is 0 Å². The summed E-state index contributed by atoms with van der Waals surface area (Å²) in [6, 6.07) is 0. The molecule has 0 amide bonds. The van der Waals surface area contributed by atoms with Gasteiger partial charge in [-0.2, -0.15) is 0 Å². The Morgan fingerprint density at radius 3 is 1.75 bits per heavy atom. The van der Waals surface area contributed by atoms with E-state index in [0.29, 0.717) is 5.78 Å². The molecule has 4 radical (unpaired) electrons. The number of carbonyl (C=O) groups is 1. The van der Waals surface area contributed by atoms with Crippen molar-refractivity contribution in [2.75, 3.05) is 0 Å². The zero-order valence-electron chi connectivity index (χ0n) is 4.94. The minimum absolute atomic E-state index is 0. The van der Waals surface area contributed by atoms with E-state index in [2.05, 4.69) is 0 Å². The van der Waals surface area contributed by atoms with Crippen molar-refractivity contribution in [3.63, 3.8) is 0 Å². The fraction of sp³-hybridized carbons (Fsp3) is 0.833. The molecule has 0 bridgehead atoms. The second kappa shape index (κ2) is 3.84. The van der Waals surface area contributed by atoms with Crippen LogP contribution in [0.3, 0.4) is 0 Å². The zero-order valence-corrected chi connectivity index (χ0v) is 5.94. The highest BCUT2D eigenvalue weighted by atomic mass is 28.1. The zero-order chi connectivity index (χ0) is 5.11. The van der Waals surface area contributed by atoms with Crippen LogP contribution in [0.15, 0.2) is 0 Å². The van der Waals surface area contributed by atoms with Gasteiger partial charge in [-0.25, -0.2) is 0 Å². The Labute approximate surface area is 54.5 Å². The molecule has 0 aromatic rings. The SMILES string of the molecule is O=C1CCCCC1.[Si]. The lowest BCUT2D eigenvalue weighted by Crippen LogP contribution is -2.02. The number of ketones is 1. The normalized spacial score (nSPS) is 19.8. The summed E-state index contributed by atoms with van der Waals surface area (Å²) >= 11 is 0. The molecule has 1 aliphatic rings. The first-order valence-corrected chi connectivity index (χ1v) is 2.91. The molecule has 0 saturated heterocycles. The Balaban J connectivity index is 0.000000490. The summed E-state index contributed by atoms with van der Waals surface area (Å²) in [5.41, 5.74) is 0. The summed E-state index contributed by atoms with van der Waals surface area (Å²) in [6.07, 6.45) is 5.24. The second-order valence-electron chi connectivity index (χ2n) is 2.10. The minimum Gasteiger partial charge on any atom is -0.300 e. The minimum atomic E-state index is 0. The number of carbonyl (C=O) groups excluding carboxylic acids is 1. The molecule has 0 N–H and O–H groups in total. The van der Waals surface area contributed by atoms with E-state index in [4.69, 9.17) is 0 Å². The molecule has 1 aliphatic carbocycles. The number of rotatable bonds is 0. The van der Waals surface area contributed by atoms with E-state index in [-0.39, 0.29) is 11.0 Å². The van der Waals surface area contributed by atoms with E-state index < -0.39 is 0 Å². The van der Waals surface area contributed by atoms with Crippen molar-refractivity contribution in [1.29, 1.82) is 0 Å². The average Bonchev–Trinajstić information content (AvgIpc) is 1.69. The van der Waals surface area contributed by atoms with E-state index >= 15 is 0 Å². The van der Waals surface area contributed by atoms with Gasteiger partial charge in [0.1, 0.15) is 5.78 Å². The van der Waals surface area contributed by atoms with Crippen molar-refractivity contribution in [3.05, 3.63) is 0 Å². The third-order valence-corrected chi connectivity index (χ3v) is 1.41. The lowest BCUT2D eigenvalue weighted by Gasteiger charge is -2.05. The molecule has 0 aromatic carbocycles. The summed E-state index contributed by atoms with van der Waals surface area (Å²) < 4.78 is 0. The summed E-state index contributed by atoms with van der Waals surface area (Å²) in [6.45, 7) is 0. The quantitative estimate of drug-likeness (QED) is 0.445. The van der Waals surface area contributed by atoms with Crippen molar-refractivity contribution in [3.8, 4) is 0 Å². The van der Waals surface area contributed by atoms with Gasteiger partial charge >= 0.3 is 0 Å². The molecule has 0 aromatic heterocycles. The maximum absolute atomic E-state index is 10.5. The highest BCUT2D eigenvalue weighted by molar-refractivity contribution is 5.78. The fourth-order valence-corrected chi connectivity index (χ4v) is 0.946. The predicted molar refractivity (Wildman–Crippen MR) is 33.8 cm³/mol. The number of hydrogen-bond acceptors (Lipinski definition) is 1. The van der Waals surface area contributed by atoms with Crippen LogP contribution in [0.4, 0.5) is 0 Å². The summed E-state index contributed by atoms with van der Waals surface area (Å²) in [4.78, 5) is 10.5. The Morgan fingerprint density at radius 2 is 1.50 bits per heavy atom. The van der Waals surface area contributed by atoms with Gasteiger partial charge in [0.2, 0.25) is 0 Å². The Hall–Kier alpha value is -0.113. The van der Waals surface area contributed by atoms with Crippen molar-refractivity contribution in [2.24, 2.45) is 0 Å². The molecule has 0 spiro atoms. The topological polar surface area (TPSA) is 17.1 Å². The molecule has 1 nitrogen and oxygen atoms in total. The van der Waals surface area contributed by atoms with Crippen molar-refractivity contribution < 1.29 is 4.79 Å². The second-order valence-corrected chi connectivity index (χ2v) is 2.10. The van der Waals surface area contributed by atoms with Crippen LogP contribution in [0, 0.1) is 0 Å². The highest BCUT2D eigenvalue weighted by Crippen LogP contribution is 2.12. The van der Waals surface area contributed by atoms with E-state index in [0.717, 1.165) is 25.7 Å². The molecule has 1 rings (SSSR count). The van der Waals surface area contributed by atoms with Gasteiger partial charge in [0.15, 0.2) is 0 Å². The smallest absolute Gasteiger partial charge is 0.132 e. The highest BCUT2D eigenvalue weighted by Gasteiger charge is 2.05. The van der Waals surface area contributed by atoms with E-state index in [9.17, 15) is 4.79 Å². The van der Waals surface area contributed by atoms with Gasteiger partial charge in [0.25, 0.3) is 0 Å². The first-order valence-electron chi connectivity index (χ1n) is 2.91.